The van der Waals surface area contributed by atoms with Crippen LogP contribution in [0.25, 0.3) is 22.6 Å². The van der Waals surface area contributed by atoms with E-state index < -0.39 is 0 Å². The summed E-state index contributed by atoms with van der Waals surface area (Å²) in [5.41, 5.74) is 8.17. The van der Waals surface area contributed by atoms with E-state index in [1.807, 2.05) is 11.4 Å². The summed E-state index contributed by atoms with van der Waals surface area (Å²) in [4.78, 5) is 16.0. The van der Waals surface area contributed by atoms with Crippen LogP contribution < -0.4 is 5.73 Å². The van der Waals surface area contributed by atoms with Crippen LogP contribution in [0.15, 0.2) is 23.8 Å². The van der Waals surface area contributed by atoms with E-state index in [-0.39, 0.29) is 0 Å². The van der Waals surface area contributed by atoms with Gasteiger partial charge >= 0.3 is 0 Å². The Balaban J connectivity index is 2.11. The molecule has 0 aliphatic heterocycles. The van der Waals surface area contributed by atoms with Gasteiger partial charge < -0.3 is 10.7 Å². The van der Waals surface area contributed by atoms with Crippen LogP contribution in [0, 0.1) is 0 Å². The molecule has 3 aromatic heterocycles. The fraction of sp³-hybridized carbons (Fsp3) is 0.100. The first-order valence-electron chi connectivity index (χ1n) is 4.81. The Morgan fingerprint density at radius 1 is 1.38 bits per heavy atom. The molecule has 80 valence electrons. The average Bonchev–Trinajstić information content (AvgIpc) is 2.95. The third-order valence-electron chi connectivity index (χ3n) is 2.25. The number of H-pyrrole nitrogens is 1. The van der Waals surface area contributed by atoms with E-state index >= 15 is 0 Å². The number of thiazole rings is 1. The lowest BCUT2D eigenvalue weighted by Crippen LogP contribution is -1.94. The molecule has 3 N–H and O–H groups in total. The molecule has 5 nitrogen and oxygen atoms in total. The van der Waals surface area contributed by atoms with Crippen LogP contribution in [0.1, 0.15) is 5.01 Å². The van der Waals surface area contributed by atoms with E-state index in [0.717, 1.165) is 27.6 Å². The zero-order chi connectivity index (χ0) is 11.0. The number of hydrogen-bond donors (Lipinski definition) is 2. The molecule has 16 heavy (non-hydrogen) atoms. The second kappa shape index (κ2) is 3.66. The normalized spacial score (nSPS) is 11.1. The van der Waals surface area contributed by atoms with Gasteiger partial charge in [0.05, 0.1) is 17.2 Å². The van der Waals surface area contributed by atoms with Crippen molar-refractivity contribution in [2.45, 2.75) is 6.54 Å². The lowest BCUT2D eigenvalue weighted by Gasteiger charge is -1.87. The molecule has 0 fully saturated rings. The highest BCUT2D eigenvalue weighted by molar-refractivity contribution is 7.09. The Morgan fingerprint density at radius 3 is 3.06 bits per heavy atom. The molecule has 0 amide bonds. The number of nitrogens with zero attached hydrogens (tertiary/aromatic N) is 3. The van der Waals surface area contributed by atoms with Crippen molar-refractivity contribution in [2.24, 2.45) is 5.73 Å². The summed E-state index contributed by atoms with van der Waals surface area (Å²) < 4.78 is 0. The first-order valence-corrected chi connectivity index (χ1v) is 5.69. The van der Waals surface area contributed by atoms with Gasteiger partial charge in [0, 0.05) is 18.1 Å². The molecule has 3 rings (SSSR count). The van der Waals surface area contributed by atoms with Gasteiger partial charge in [0.15, 0.2) is 5.82 Å². The number of aromatic nitrogens is 4. The van der Waals surface area contributed by atoms with Crippen LogP contribution in [0.4, 0.5) is 0 Å². The lowest BCUT2D eigenvalue weighted by molar-refractivity contribution is 1.04. The van der Waals surface area contributed by atoms with Crippen molar-refractivity contribution in [3.8, 4) is 11.5 Å². The summed E-state index contributed by atoms with van der Waals surface area (Å²) in [5.74, 6) is 0.763. The van der Waals surface area contributed by atoms with Crippen LogP contribution in [-0.2, 0) is 6.54 Å². The Hall–Kier alpha value is -1.79. The molecule has 0 bridgehead atoms. The molecule has 3 heterocycles. The summed E-state index contributed by atoms with van der Waals surface area (Å²) in [6, 6.07) is 1.87. The van der Waals surface area contributed by atoms with Gasteiger partial charge in [0.1, 0.15) is 10.7 Å². The first kappa shape index (κ1) is 9.44. The van der Waals surface area contributed by atoms with E-state index in [4.69, 9.17) is 5.73 Å². The van der Waals surface area contributed by atoms with Crippen molar-refractivity contribution in [1.29, 1.82) is 0 Å². The van der Waals surface area contributed by atoms with Gasteiger partial charge in [0.2, 0.25) is 0 Å². The quantitative estimate of drug-likeness (QED) is 0.701. The Bertz CT molecular complexity index is 594. The zero-order valence-electron chi connectivity index (χ0n) is 8.34. The molecule has 3 aromatic rings. The monoisotopic (exact) mass is 231 g/mol. The van der Waals surface area contributed by atoms with Crippen molar-refractivity contribution < 1.29 is 0 Å². The average molecular weight is 231 g/mol. The van der Waals surface area contributed by atoms with Gasteiger partial charge in [-0.2, -0.15) is 0 Å². The third kappa shape index (κ3) is 1.48. The molecule has 0 aliphatic carbocycles. The fourth-order valence-electron chi connectivity index (χ4n) is 1.49. The summed E-state index contributed by atoms with van der Waals surface area (Å²) in [5, 5.41) is 2.86. The van der Waals surface area contributed by atoms with Crippen LogP contribution >= 0.6 is 11.3 Å². The van der Waals surface area contributed by atoms with Gasteiger partial charge in [-0.05, 0) is 6.07 Å². The number of fused-ring (bicyclic) bond motifs is 1. The minimum Gasteiger partial charge on any atom is -0.335 e. The molecular weight excluding hydrogens is 222 g/mol. The number of nitrogens with two attached hydrogens (primary N) is 1. The van der Waals surface area contributed by atoms with E-state index in [1.54, 1.807) is 23.7 Å². The highest BCUT2D eigenvalue weighted by Gasteiger charge is 2.08. The number of pyridine rings is 1. The Labute approximate surface area is 95.4 Å². The highest BCUT2D eigenvalue weighted by Crippen LogP contribution is 2.21. The molecule has 0 spiro atoms. The lowest BCUT2D eigenvalue weighted by atomic mass is 10.4. The third-order valence-corrected chi connectivity index (χ3v) is 3.12. The zero-order valence-corrected chi connectivity index (χ0v) is 9.16. The molecule has 0 aliphatic rings. The number of imidazole rings is 1. The summed E-state index contributed by atoms with van der Waals surface area (Å²) in [6.45, 7) is 0.465. The van der Waals surface area contributed by atoms with Crippen LogP contribution in [0.3, 0.4) is 0 Å². The van der Waals surface area contributed by atoms with Gasteiger partial charge in [-0.15, -0.1) is 11.3 Å². The number of aromatic amines is 1. The Morgan fingerprint density at radius 2 is 2.31 bits per heavy atom. The first-order chi connectivity index (χ1) is 7.86. The molecule has 0 saturated heterocycles. The van der Waals surface area contributed by atoms with Crippen LogP contribution in [-0.4, -0.2) is 19.9 Å². The Kier molecular flexibility index (Phi) is 2.16. The van der Waals surface area contributed by atoms with Crippen molar-refractivity contribution in [3.63, 3.8) is 0 Å². The van der Waals surface area contributed by atoms with Gasteiger partial charge in [-0.1, -0.05) is 0 Å². The fourth-order valence-corrected chi connectivity index (χ4v) is 2.15. The van der Waals surface area contributed by atoms with E-state index in [0.29, 0.717) is 6.54 Å². The van der Waals surface area contributed by atoms with Crippen molar-refractivity contribution in [3.05, 3.63) is 28.8 Å². The maximum atomic E-state index is 5.52. The molecule has 0 unspecified atom stereocenters. The molecule has 0 radical (unpaired) electrons. The molecular formula is C10H9N5S. The predicted octanol–water partition coefficient (Wildman–Crippen LogP) is 1.54. The van der Waals surface area contributed by atoms with Gasteiger partial charge in [-0.3, -0.25) is 4.98 Å². The molecule has 6 heteroatoms. The van der Waals surface area contributed by atoms with Crippen molar-refractivity contribution in [2.75, 3.05) is 0 Å². The summed E-state index contributed by atoms with van der Waals surface area (Å²) in [6.07, 6.45) is 3.47. The number of nitrogens with one attached hydrogen (secondary N) is 1. The molecule has 0 aromatic carbocycles. The second-order valence-corrected chi connectivity index (χ2v) is 4.25. The smallest absolute Gasteiger partial charge is 0.158 e. The topological polar surface area (TPSA) is 80.5 Å². The van der Waals surface area contributed by atoms with Crippen molar-refractivity contribution >= 4 is 22.4 Å². The maximum absolute atomic E-state index is 5.52. The second-order valence-electron chi connectivity index (χ2n) is 3.31. The number of hydrogen-bond acceptors (Lipinski definition) is 5. The summed E-state index contributed by atoms with van der Waals surface area (Å²) in [7, 11) is 0. The predicted molar refractivity (Wildman–Crippen MR) is 62.9 cm³/mol. The van der Waals surface area contributed by atoms with E-state index in [1.165, 1.54) is 0 Å². The molecule has 0 atom stereocenters. The highest BCUT2D eigenvalue weighted by atomic mass is 32.1. The largest absolute Gasteiger partial charge is 0.335 e. The standard InChI is InChI=1S/C10H9N5S/c11-3-9-13-8(5-16-9)10-14-6-1-2-12-4-7(6)15-10/h1-2,4-5H,3,11H2,(H,14,15). The minimum absolute atomic E-state index is 0.465. The van der Waals surface area contributed by atoms with Gasteiger partial charge in [-0.25, -0.2) is 9.97 Å². The van der Waals surface area contributed by atoms with E-state index in [9.17, 15) is 0 Å². The summed E-state index contributed by atoms with van der Waals surface area (Å²) >= 11 is 1.54. The van der Waals surface area contributed by atoms with Crippen molar-refractivity contribution in [1.82, 2.24) is 19.9 Å². The SMILES string of the molecule is NCc1nc(-c2nc3ccncc3[nH]2)cs1. The van der Waals surface area contributed by atoms with Crippen LogP contribution in [0.2, 0.25) is 0 Å². The van der Waals surface area contributed by atoms with Crippen LogP contribution in [0.5, 0.6) is 0 Å². The maximum Gasteiger partial charge on any atom is 0.158 e. The molecule has 0 saturated carbocycles. The minimum atomic E-state index is 0.465. The van der Waals surface area contributed by atoms with E-state index in [2.05, 4.69) is 19.9 Å². The van der Waals surface area contributed by atoms with Gasteiger partial charge in [0.25, 0.3) is 0 Å². The number of rotatable bonds is 2.